The average molecular weight is 463 g/mol. The minimum atomic E-state index is -0.234. The van der Waals surface area contributed by atoms with Gasteiger partial charge in [0.1, 0.15) is 11.3 Å². The second-order valence-corrected chi connectivity index (χ2v) is 7.69. The molecule has 0 aliphatic carbocycles. The number of fused-ring (bicyclic) bond motifs is 1. The molecule has 150 valence electrons. The van der Waals surface area contributed by atoms with Crippen molar-refractivity contribution in [3.05, 3.63) is 82.3 Å². The zero-order chi connectivity index (χ0) is 21.1. The molecule has 30 heavy (non-hydrogen) atoms. The first kappa shape index (κ1) is 19.9. The van der Waals surface area contributed by atoms with Crippen molar-refractivity contribution in [3.63, 3.8) is 0 Å². The molecule has 0 saturated carbocycles. The Morgan fingerprint density at radius 2 is 1.90 bits per heavy atom. The Hall–Kier alpha value is -3.38. The molecule has 4 aromatic rings. The fraction of sp³-hybridized carbons (Fsp3) is 0.0833. The third-order valence-electron chi connectivity index (χ3n) is 4.55. The summed E-state index contributed by atoms with van der Waals surface area (Å²) in [6.07, 6.45) is 3.19. The summed E-state index contributed by atoms with van der Waals surface area (Å²) in [6, 6.07) is 18.9. The van der Waals surface area contributed by atoms with Crippen LogP contribution in [0.3, 0.4) is 0 Å². The lowest BCUT2D eigenvalue weighted by Crippen LogP contribution is -2.07. The molecule has 0 saturated heterocycles. The summed E-state index contributed by atoms with van der Waals surface area (Å²) in [5.41, 5.74) is 5.05. The first-order chi connectivity index (χ1) is 14.5. The molecule has 5 nitrogen and oxygen atoms in total. The highest BCUT2D eigenvalue weighted by atomic mass is 79.9. The van der Waals surface area contributed by atoms with Gasteiger partial charge in [0, 0.05) is 27.4 Å². The molecule has 4 rings (SSSR count). The molecule has 6 heteroatoms. The highest BCUT2D eigenvalue weighted by Crippen LogP contribution is 2.26. The molecule has 0 aliphatic heterocycles. The van der Waals surface area contributed by atoms with E-state index in [2.05, 4.69) is 26.2 Å². The van der Waals surface area contributed by atoms with Gasteiger partial charge in [0.15, 0.2) is 5.58 Å². The Labute approximate surface area is 182 Å². The average Bonchev–Trinajstić information content (AvgIpc) is 3.16. The van der Waals surface area contributed by atoms with Gasteiger partial charge in [-0.1, -0.05) is 22.0 Å². The van der Waals surface area contributed by atoms with E-state index in [1.165, 1.54) is 6.08 Å². The maximum atomic E-state index is 12.3. The summed E-state index contributed by atoms with van der Waals surface area (Å²) < 4.78 is 12.1. The number of nitrogens with one attached hydrogen (secondary N) is 1. The molecular weight excluding hydrogens is 444 g/mol. The number of carbonyl (C=O) groups is 1. The summed E-state index contributed by atoms with van der Waals surface area (Å²) in [5.74, 6) is 1.01. The van der Waals surface area contributed by atoms with Crippen molar-refractivity contribution in [2.45, 2.75) is 6.92 Å². The van der Waals surface area contributed by atoms with Crippen molar-refractivity contribution < 1.29 is 13.9 Å². The van der Waals surface area contributed by atoms with E-state index in [0.29, 0.717) is 17.3 Å². The SMILES string of the molecule is COc1ccc(Br)cc1C=CC(=O)Nc1ccc(-c2nc3cc(C)ccc3o2)cc1. The van der Waals surface area contributed by atoms with E-state index < -0.39 is 0 Å². The van der Waals surface area contributed by atoms with Crippen molar-refractivity contribution in [3.8, 4) is 17.2 Å². The molecule has 3 aromatic carbocycles. The van der Waals surface area contributed by atoms with Gasteiger partial charge in [0.05, 0.1) is 7.11 Å². The van der Waals surface area contributed by atoms with E-state index >= 15 is 0 Å². The van der Waals surface area contributed by atoms with Crippen LogP contribution in [-0.2, 0) is 4.79 Å². The number of rotatable bonds is 5. The number of halogens is 1. The monoisotopic (exact) mass is 462 g/mol. The summed E-state index contributed by atoms with van der Waals surface area (Å²) in [5, 5.41) is 2.85. The number of anilines is 1. The van der Waals surface area contributed by atoms with Crippen molar-refractivity contribution in [2.75, 3.05) is 12.4 Å². The molecule has 0 fully saturated rings. The van der Waals surface area contributed by atoms with Gasteiger partial charge in [-0.05, 0) is 73.2 Å². The number of hydrogen-bond donors (Lipinski definition) is 1. The first-order valence-electron chi connectivity index (χ1n) is 9.32. The molecule has 0 aliphatic rings. The normalized spacial score (nSPS) is 11.2. The smallest absolute Gasteiger partial charge is 0.248 e. The fourth-order valence-corrected chi connectivity index (χ4v) is 3.42. The number of hydrogen-bond acceptors (Lipinski definition) is 4. The van der Waals surface area contributed by atoms with Gasteiger partial charge in [0.2, 0.25) is 11.8 Å². The number of aromatic nitrogens is 1. The van der Waals surface area contributed by atoms with Crippen LogP contribution in [0, 0.1) is 6.92 Å². The van der Waals surface area contributed by atoms with Gasteiger partial charge in [-0.3, -0.25) is 4.79 Å². The summed E-state index contributed by atoms with van der Waals surface area (Å²) in [7, 11) is 1.60. The van der Waals surface area contributed by atoms with Crippen LogP contribution < -0.4 is 10.1 Å². The Kier molecular flexibility index (Phi) is 5.68. The summed E-state index contributed by atoms with van der Waals surface area (Å²) in [6.45, 7) is 2.02. The number of amides is 1. The van der Waals surface area contributed by atoms with Crippen LogP contribution in [0.2, 0.25) is 0 Å². The number of aryl methyl sites for hydroxylation is 1. The predicted molar refractivity (Wildman–Crippen MR) is 123 cm³/mol. The molecule has 1 heterocycles. The zero-order valence-corrected chi connectivity index (χ0v) is 18.1. The largest absolute Gasteiger partial charge is 0.496 e. The molecule has 1 amide bonds. The van der Waals surface area contributed by atoms with Gasteiger partial charge >= 0.3 is 0 Å². The molecule has 1 N–H and O–H groups in total. The third kappa shape index (κ3) is 4.44. The van der Waals surface area contributed by atoms with Gasteiger partial charge in [-0.2, -0.15) is 0 Å². The minimum absolute atomic E-state index is 0.234. The van der Waals surface area contributed by atoms with Gasteiger partial charge in [-0.15, -0.1) is 0 Å². The third-order valence-corrected chi connectivity index (χ3v) is 5.04. The summed E-state index contributed by atoms with van der Waals surface area (Å²) >= 11 is 3.42. The second kappa shape index (κ2) is 8.55. The molecular formula is C24H19BrN2O3. The van der Waals surface area contributed by atoms with Crippen LogP contribution in [0.5, 0.6) is 5.75 Å². The zero-order valence-electron chi connectivity index (χ0n) is 16.5. The predicted octanol–water partition coefficient (Wildman–Crippen LogP) is 6.23. The Bertz CT molecular complexity index is 1240. The fourth-order valence-electron chi connectivity index (χ4n) is 3.04. The highest BCUT2D eigenvalue weighted by Gasteiger charge is 2.09. The van der Waals surface area contributed by atoms with E-state index in [1.807, 2.05) is 67.6 Å². The van der Waals surface area contributed by atoms with Crippen LogP contribution in [0.25, 0.3) is 28.6 Å². The maximum absolute atomic E-state index is 12.3. The number of methoxy groups -OCH3 is 1. The molecule has 0 bridgehead atoms. The lowest BCUT2D eigenvalue weighted by atomic mass is 10.2. The van der Waals surface area contributed by atoms with E-state index in [9.17, 15) is 4.79 Å². The van der Waals surface area contributed by atoms with Crippen molar-refractivity contribution in [1.29, 1.82) is 0 Å². The van der Waals surface area contributed by atoms with Gasteiger partial charge in [0.25, 0.3) is 0 Å². The number of benzene rings is 3. The second-order valence-electron chi connectivity index (χ2n) is 6.78. The lowest BCUT2D eigenvalue weighted by molar-refractivity contribution is -0.111. The quantitative estimate of drug-likeness (QED) is 0.357. The molecule has 0 spiro atoms. The first-order valence-corrected chi connectivity index (χ1v) is 10.1. The van der Waals surface area contributed by atoms with Crippen LogP contribution in [0.4, 0.5) is 5.69 Å². The van der Waals surface area contributed by atoms with Crippen LogP contribution in [0.1, 0.15) is 11.1 Å². The number of carbonyl (C=O) groups excluding carboxylic acids is 1. The van der Waals surface area contributed by atoms with Crippen LogP contribution >= 0.6 is 15.9 Å². The lowest BCUT2D eigenvalue weighted by Gasteiger charge is -2.05. The van der Waals surface area contributed by atoms with Crippen LogP contribution in [-0.4, -0.2) is 18.0 Å². The van der Waals surface area contributed by atoms with Crippen molar-refractivity contribution in [2.24, 2.45) is 0 Å². The summed E-state index contributed by atoms with van der Waals surface area (Å²) in [4.78, 5) is 16.8. The Morgan fingerprint density at radius 1 is 1.10 bits per heavy atom. The standard InChI is InChI=1S/C24H19BrN2O3/c1-15-3-10-22-20(13-15)27-24(30-22)16-4-8-19(9-5-16)26-23(28)12-6-17-14-18(25)7-11-21(17)29-2/h3-14H,1-2H3,(H,26,28). The Balaban J connectivity index is 1.46. The topological polar surface area (TPSA) is 64.4 Å². The van der Waals surface area contributed by atoms with E-state index in [-0.39, 0.29) is 5.91 Å². The van der Waals surface area contributed by atoms with Crippen molar-refractivity contribution >= 4 is 44.7 Å². The number of oxazole rings is 1. The number of nitrogens with zero attached hydrogens (tertiary/aromatic N) is 1. The van der Waals surface area contributed by atoms with Crippen molar-refractivity contribution in [1.82, 2.24) is 4.98 Å². The maximum Gasteiger partial charge on any atom is 0.248 e. The van der Waals surface area contributed by atoms with E-state index in [4.69, 9.17) is 9.15 Å². The Morgan fingerprint density at radius 3 is 2.67 bits per heavy atom. The molecule has 0 unspecified atom stereocenters. The number of ether oxygens (including phenoxy) is 1. The van der Waals surface area contributed by atoms with E-state index in [1.54, 1.807) is 13.2 Å². The van der Waals surface area contributed by atoms with E-state index in [0.717, 1.165) is 32.3 Å². The highest BCUT2D eigenvalue weighted by molar-refractivity contribution is 9.10. The molecule has 0 atom stereocenters. The molecule has 1 aromatic heterocycles. The van der Waals surface area contributed by atoms with Gasteiger partial charge in [-0.25, -0.2) is 4.98 Å². The van der Waals surface area contributed by atoms with Crippen LogP contribution in [0.15, 0.2) is 75.6 Å². The minimum Gasteiger partial charge on any atom is -0.496 e. The van der Waals surface area contributed by atoms with Gasteiger partial charge < -0.3 is 14.5 Å². The molecule has 0 radical (unpaired) electrons.